The molecule has 1 atom stereocenters. The summed E-state index contributed by atoms with van der Waals surface area (Å²) in [6.45, 7) is 0. The highest BCUT2D eigenvalue weighted by atomic mass is 19.4. The van der Waals surface area contributed by atoms with Gasteiger partial charge in [0.1, 0.15) is 11.8 Å². The van der Waals surface area contributed by atoms with Crippen LogP contribution in [0.1, 0.15) is 5.56 Å². The van der Waals surface area contributed by atoms with E-state index in [2.05, 4.69) is 4.74 Å². The Morgan fingerprint density at radius 3 is 2.58 bits per heavy atom. The zero-order valence-corrected chi connectivity index (χ0v) is 9.48. The molecular formula is C11H10F3NO4. The van der Waals surface area contributed by atoms with Gasteiger partial charge in [0.05, 0.1) is 0 Å². The van der Waals surface area contributed by atoms with Gasteiger partial charge in [-0.15, -0.1) is 13.2 Å². The van der Waals surface area contributed by atoms with Gasteiger partial charge < -0.3 is 15.2 Å². The number of ether oxygens (including phenoxy) is 1. The average Bonchev–Trinajstić information content (AvgIpc) is 2.28. The van der Waals surface area contributed by atoms with Gasteiger partial charge in [-0.05, 0) is 11.6 Å². The smallest absolute Gasteiger partial charge is 0.480 e. The zero-order chi connectivity index (χ0) is 14.5. The van der Waals surface area contributed by atoms with Crippen molar-refractivity contribution in [2.24, 2.45) is 0 Å². The molecular weight excluding hydrogens is 267 g/mol. The number of amides is 1. The van der Waals surface area contributed by atoms with Crippen LogP contribution < -0.4 is 10.1 Å². The summed E-state index contributed by atoms with van der Waals surface area (Å²) in [7, 11) is 0. The minimum Gasteiger partial charge on any atom is -0.480 e. The molecule has 0 heterocycles. The first-order valence-corrected chi connectivity index (χ1v) is 5.09. The van der Waals surface area contributed by atoms with Gasteiger partial charge in [-0.2, -0.15) is 0 Å². The van der Waals surface area contributed by atoms with Gasteiger partial charge in [-0.3, -0.25) is 4.79 Å². The number of nitrogens with one attached hydrogen (secondary N) is 1. The summed E-state index contributed by atoms with van der Waals surface area (Å²) >= 11 is 0. The molecule has 0 bridgehead atoms. The minimum absolute atomic E-state index is 0.0292. The quantitative estimate of drug-likeness (QED) is 0.769. The van der Waals surface area contributed by atoms with Crippen LogP contribution in [-0.2, 0) is 16.0 Å². The monoisotopic (exact) mass is 277 g/mol. The van der Waals surface area contributed by atoms with Crippen molar-refractivity contribution in [3.63, 3.8) is 0 Å². The van der Waals surface area contributed by atoms with Gasteiger partial charge >= 0.3 is 12.3 Å². The lowest BCUT2D eigenvalue weighted by Gasteiger charge is -2.16. The minimum atomic E-state index is -4.87. The fourth-order valence-corrected chi connectivity index (χ4v) is 1.42. The number of carboxylic acid groups (broad SMARTS) is 1. The van der Waals surface area contributed by atoms with Gasteiger partial charge in [0.2, 0.25) is 6.41 Å². The van der Waals surface area contributed by atoms with Crippen molar-refractivity contribution in [3.8, 4) is 5.75 Å². The number of carbonyl (C=O) groups is 2. The maximum atomic E-state index is 12.2. The van der Waals surface area contributed by atoms with E-state index in [4.69, 9.17) is 5.11 Å². The third kappa shape index (κ3) is 4.86. The number of rotatable bonds is 6. The third-order valence-corrected chi connectivity index (χ3v) is 2.19. The molecule has 0 radical (unpaired) electrons. The van der Waals surface area contributed by atoms with E-state index in [0.717, 1.165) is 6.07 Å². The van der Waals surface area contributed by atoms with E-state index in [1.165, 1.54) is 18.2 Å². The van der Waals surface area contributed by atoms with Crippen molar-refractivity contribution >= 4 is 12.4 Å². The molecule has 0 aliphatic rings. The molecule has 0 saturated carbocycles. The van der Waals surface area contributed by atoms with E-state index in [9.17, 15) is 22.8 Å². The Labute approximate surface area is 106 Å². The molecule has 0 fully saturated rings. The summed E-state index contributed by atoms with van der Waals surface area (Å²) in [6.07, 6.45) is -5.01. The first-order chi connectivity index (χ1) is 8.83. The normalized spacial score (nSPS) is 12.6. The first kappa shape index (κ1) is 14.8. The molecule has 104 valence electrons. The summed E-state index contributed by atoms with van der Waals surface area (Å²) < 4.78 is 40.2. The van der Waals surface area contributed by atoms with Crippen LogP contribution >= 0.6 is 0 Å². The highest BCUT2D eigenvalue weighted by molar-refractivity contribution is 5.76. The predicted octanol–water partition coefficient (Wildman–Crippen LogP) is 1.33. The molecule has 0 aromatic heterocycles. The highest BCUT2D eigenvalue weighted by Crippen LogP contribution is 2.26. The van der Waals surface area contributed by atoms with Gasteiger partial charge in [0.15, 0.2) is 0 Å². The number of hydrogen-bond donors (Lipinski definition) is 2. The molecule has 1 aromatic carbocycles. The third-order valence-electron chi connectivity index (χ3n) is 2.19. The Kier molecular flexibility index (Phi) is 4.74. The molecule has 5 nitrogen and oxygen atoms in total. The van der Waals surface area contributed by atoms with Crippen LogP contribution in [0.15, 0.2) is 24.3 Å². The van der Waals surface area contributed by atoms with Crippen LogP contribution in [0.3, 0.4) is 0 Å². The SMILES string of the molecule is O=CNC(Cc1ccccc1OC(F)(F)F)C(=O)O. The van der Waals surface area contributed by atoms with Crippen LogP contribution in [-0.4, -0.2) is 29.9 Å². The number of halogens is 3. The van der Waals surface area contributed by atoms with Crippen molar-refractivity contribution in [1.29, 1.82) is 0 Å². The van der Waals surface area contributed by atoms with Crippen LogP contribution in [0.25, 0.3) is 0 Å². The van der Waals surface area contributed by atoms with Crippen molar-refractivity contribution in [1.82, 2.24) is 5.32 Å². The summed E-state index contributed by atoms with van der Waals surface area (Å²) in [5.74, 6) is -1.84. The molecule has 0 aliphatic carbocycles. The van der Waals surface area contributed by atoms with Crippen LogP contribution in [0.4, 0.5) is 13.2 Å². The van der Waals surface area contributed by atoms with Gasteiger partial charge in [0, 0.05) is 6.42 Å². The Hall–Kier alpha value is -2.25. The van der Waals surface area contributed by atoms with E-state index in [0.29, 0.717) is 0 Å². The second-order valence-corrected chi connectivity index (χ2v) is 3.53. The Balaban J connectivity index is 2.93. The number of carbonyl (C=O) groups excluding carboxylic acids is 1. The predicted molar refractivity (Wildman–Crippen MR) is 57.5 cm³/mol. The standard InChI is InChI=1S/C11H10F3NO4/c12-11(13,14)19-9-4-2-1-3-7(9)5-8(10(17)18)15-6-16/h1-4,6,8H,5H2,(H,15,16)(H,17,18). The van der Waals surface area contributed by atoms with E-state index in [1.54, 1.807) is 0 Å². The molecule has 19 heavy (non-hydrogen) atoms. The molecule has 0 spiro atoms. The van der Waals surface area contributed by atoms with Gasteiger partial charge in [-0.1, -0.05) is 18.2 Å². The van der Waals surface area contributed by atoms with E-state index in [1.807, 2.05) is 5.32 Å². The Bertz CT molecular complexity index is 461. The maximum absolute atomic E-state index is 12.2. The van der Waals surface area contributed by atoms with E-state index >= 15 is 0 Å². The second kappa shape index (κ2) is 6.07. The van der Waals surface area contributed by atoms with Crippen molar-refractivity contribution < 1.29 is 32.6 Å². The molecule has 1 unspecified atom stereocenters. The molecule has 1 rings (SSSR count). The summed E-state index contributed by atoms with van der Waals surface area (Å²) in [5, 5.41) is 10.8. The number of carboxylic acids is 1. The second-order valence-electron chi connectivity index (χ2n) is 3.53. The summed E-state index contributed by atoms with van der Waals surface area (Å²) in [5.41, 5.74) is 0.0292. The number of aliphatic carboxylic acids is 1. The van der Waals surface area contributed by atoms with E-state index in [-0.39, 0.29) is 18.4 Å². The molecule has 8 heteroatoms. The van der Waals surface area contributed by atoms with Crippen LogP contribution in [0, 0.1) is 0 Å². The fraction of sp³-hybridized carbons (Fsp3) is 0.273. The van der Waals surface area contributed by atoms with Gasteiger partial charge in [-0.25, -0.2) is 4.79 Å². The number of hydrogen-bond acceptors (Lipinski definition) is 3. The largest absolute Gasteiger partial charge is 0.573 e. The lowest BCUT2D eigenvalue weighted by Crippen LogP contribution is -2.37. The summed E-state index contributed by atoms with van der Waals surface area (Å²) in [4.78, 5) is 21.0. The summed E-state index contributed by atoms with van der Waals surface area (Å²) in [6, 6.07) is 3.81. The molecule has 0 aliphatic heterocycles. The Morgan fingerprint density at radius 1 is 1.42 bits per heavy atom. The first-order valence-electron chi connectivity index (χ1n) is 5.09. The van der Waals surface area contributed by atoms with Crippen molar-refractivity contribution in [2.45, 2.75) is 18.8 Å². The fourth-order valence-electron chi connectivity index (χ4n) is 1.42. The lowest BCUT2D eigenvalue weighted by atomic mass is 10.1. The lowest BCUT2D eigenvalue weighted by molar-refractivity contribution is -0.274. The van der Waals surface area contributed by atoms with Crippen LogP contribution in [0.2, 0.25) is 0 Å². The van der Waals surface area contributed by atoms with E-state index < -0.39 is 24.1 Å². The number of para-hydroxylation sites is 1. The van der Waals surface area contributed by atoms with Crippen molar-refractivity contribution in [3.05, 3.63) is 29.8 Å². The van der Waals surface area contributed by atoms with Gasteiger partial charge in [0.25, 0.3) is 0 Å². The maximum Gasteiger partial charge on any atom is 0.573 e. The van der Waals surface area contributed by atoms with Crippen molar-refractivity contribution in [2.75, 3.05) is 0 Å². The Morgan fingerprint density at radius 2 is 2.05 bits per heavy atom. The molecule has 0 saturated heterocycles. The average molecular weight is 277 g/mol. The molecule has 1 amide bonds. The molecule has 2 N–H and O–H groups in total. The topological polar surface area (TPSA) is 75.6 Å². The number of alkyl halides is 3. The molecule has 1 aromatic rings. The highest BCUT2D eigenvalue weighted by Gasteiger charge is 2.32. The number of benzene rings is 1. The van der Waals surface area contributed by atoms with Crippen LogP contribution in [0.5, 0.6) is 5.75 Å². The zero-order valence-electron chi connectivity index (χ0n) is 9.48.